The number of likely N-dealkylation sites (tertiary alicyclic amines) is 1. The van der Waals surface area contributed by atoms with E-state index in [2.05, 4.69) is 0 Å². The molecule has 2 rings (SSSR count). The van der Waals surface area contributed by atoms with Crippen LogP contribution in [-0.4, -0.2) is 47.7 Å². The first-order valence-electron chi connectivity index (χ1n) is 6.28. The summed E-state index contributed by atoms with van der Waals surface area (Å²) in [6, 6.07) is -0.595. The third kappa shape index (κ3) is 2.97. The van der Waals surface area contributed by atoms with Crippen LogP contribution in [0.5, 0.6) is 0 Å². The van der Waals surface area contributed by atoms with E-state index in [-0.39, 0.29) is 5.91 Å². The fourth-order valence-corrected chi connectivity index (χ4v) is 2.60. The van der Waals surface area contributed by atoms with Crippen molar-refractivity contribution in [1.29, 1.82) is 0 Å². The van der Waals surface area contributed by atoms with Crippen molar-refractivity contribution in [2.45, 2.75) is 38.1 Å². The molecule has 17 heavy (non-hydrogen) atoms. The summed E-state index contributed by atoms with van der Waals surface area (Å²) in [4.78, 5) is 24.4. The van der Waals surface area contributed by atoms with Gasteiger partial charge in [0.05, 0.1) is 0 Å². The van der Waals surface area contributed by atoms with E-state index < -0.39 is 12.0 Å². The van der Waals surface area contributed by atoms with Gasteiger partial charge in [0.15, 0.2) is 0 Å². The number of ether oxygens (including phenoxy) is 1. The third-order valence-corrected chi connectivity index (χ3v) is 3.65. The van der Waals surface area contributed by atoms with Gasteiger partial charge in [-0.3, -0.25) is 4.79 Å². The van der Waals surface area contributed by atoms with E-state index in [0.717, 1.165) is 32.5 Å². The summed E-state index contributed by atoms with van der Waals surface area (Å²) < 4.78 is 5.26. The number of carbonyl (C=O) groups is 2. The zero-order chi connectivity index (χ0) is 12.3. The number of amides is 1. The first kappa shape index (κ1) is 12.4. The molecule has 0 aromatic carbocycles. The van der Waals surface area contributed by atoms with Crippen molar-refractivity contribution in [3.05, 3.63) is 0 Å². The Kier molecular flexibility index (Phi) is 3.99. The Labute approximate surface area is 101 Å². The topological polar surface area (TPSA) is 66.8 Å². The van der Waals surface area contributed by atoms with Crippen LogP contribution in [0.2, 0.25) is 0 Å². The molecule has 0 saturated carbocycles. The summed E-state index contributed by atoms with van der Waals surface area (Å²) in [5, 5.41) is 9.00. The Morgan fingerprint density at radius 1 is 1.35 bits per heavy atom. The molecular formula is C12H19NO4. The molecule has 2 aliphatic rings. The summed E-state index contributed by atoms with van der Waals surface area (Å²) in [5.41, 5.74) is 0. The number of hydrogen-bond acceptors (Lipinski definition) is 3. The van der Waals surface area contributed by atoms with E-state index >= 15 is 0 Å². The minimum Gasteiger partial charge on any atom is -0.480 e. The van der Waals surface area contributed by atoms with Gasteiger partial charge in [-0.25, -0.2) is 4.79 Å². The van der Waals surface area contributed by atoms with E-state index in [1.165, 1.54) is 4.90 Å². The Bertz CT molecular complexity index is 299. The SMILES string of the molecule is O=C(O)[C@H]1CCCN1C(=O)CC[C@H]1CCOC1. The fraction of sp³-hybridized carbons (Fsp3) is 0.833. The van der Waals surface area contributed by atoms with Gasteiger partial charge in [-0.1, -0.05) is 0 Å². The number of carboxylic acid groups (broad SMARTS) is 1. The van der Waals surface area contributed by atoms with E-state index in [1.54, 1.807) is 0 Å². The summed E-state index contributed by atoms with van der Waals surface area (Å²) in [5.74, 6) is -0.410. The lowest BCUT2D eigenvalue weighted by Crippen LogP contribution is -2.40. The molecule has 96 valence electrons. The van der Waals surface area contributed by atoms with Crippen LogP contribution in [0, 0.1) is 5.92 Å². The molecule has 0 radical (unpaired) electrons. The van der Waals surface area contributed by atoms with E-state index in [4.69, 9.17) is 9.84 Å². The van der Waals surface area contributed by atoms with Crippen molar-refractivity contribution in [2.75, 3.05) is 19.8 Å². The van der Waals surface area contributed by atoms with Gasteiger partial charge >= 0.3 is 5.97 Å². The van der Waals surface area contributed by atoms with Crippen LogP contribution < -0.4 is 0 Å². The van der Waals surface area contributed by atoms with E-state index in [0.29, 0.717) is 25.3 Å². The maximum absolute atomic E-state index is 11.9. The molecule has 1 amide bonds. The number of aliphatic carboxylic acids is 1. The molecule has 5 heteroatoms. The molecule has 0 aliphatic carbocycles. The Morgan fingerprint density at radius 3 is 2.82 bits per heavy atom. The van der Waals surface area contributed by atoms with Crippen molar-refractivity contribution in [1.82, 2.24) is 4.90 Å². The number of hydrogen-bond donors (Lipinski definition) is 1. The van der Waals surface area contributed by atoms with Gasteiger partial charge in [-0.05, 0) is 31.6 Å². The second-order valence-electron chi connectivity index (χ2n) is 4.85. The predicted octanol–water partition coefficient (Wildman–Crippen LogP) is 0.879. The average Bonchev–Trinajstić information content (AvgIpc) is 2.96. The van der Waals surface area contributed by atoms with Crippen LogP contribution >= 0.6 is 0 Å². The first-order chi connectivity index (χ1) is 8.18. The lowest BCUT2D eigenvalue weighted by molar-refractivity contribution is -0.148. The first-order valence-corrected chi connectivity index (χ1v) is 6.28. The molecule has 2 aliphatic heterocycles. The molecule has 0 aromatic heterocycles. The molecule has 0 aromatic rings. The van der Waals surface area contributed by atoms with Crippen LogP contribution in [0.3, 0.4) is 0 Å². The second kappa shape index (κ2) is 5.49. The summed E-state index contributed by atoms with van der Waals surface area (Å²) in [6.45, 7) is 2.13. The summed E-state index contributed by atoms with van der Waals surface area (Å²) in [6.07, 6.45) is 3.69. The maximum Gasteiger partial charge on any atom is 0.326 e. The van der Waals surface area contributed by atoms with Crippen LogP contribution in [0.15, 0.2) is 0 Å². The normalized spacial score (nSPS) is 28.6. The molecule has 2 heterocycles. The molecule has 2 fully saturated rings. The number of rotatable bonds is 4. The van der Waals surface area contributed by atoms with Gasteiger partial charge < -0.3 is 14.7 Å². The average molecular weight is 241 g/mol. The van der Waals surface area contributed by atoms with Crippen LogP contribution in [0.1, 0.15) is 32.1 Å². The predicted molar refractivity (Wildman–Crippen MR) is 60.5 cm³/mol. The van der Waals surface area contributed by atoms with Crippen LogP contribution in [0.25, 0.3) is 0 Å². The van der Waals surface area contributed by atoms with Crippen molar-refractivity contribution in [2.24, 2.45) is 5.92 Å². The third-order valence-electron chi connectivity index (χ3n) is 3.65. The monoisotopic (exact) mass is 241 g/mol. The quantitative estimate of drug-likeness (QED) is 0.793. The minimum absolute atomic E-state index is 0.0122. The fourth-order valence-electron chi connectivity index (χ4n) is 2.60. The summed E-state index contributed by atoms with van der Waals surface area (Å²) in [7, 11) is 0. The number of carbonyl (C=O) groups excluding carboxylic acids is 1. The molecule has 2 atom stereocenters. The van der Waals surface area contributed by atoms with E-state index in [1.807, 2.05) is 0 Å². The highest BCUT2D eigenvalue weighted by atomic mass is 16.5. The second-order valence-corrected chi connectivity index (χ2v) is 4.85. The number of nitrogens with zero attached hydrogens (tertiary/aromatic N) is 1. The Hall–Kier alpha value is -1.10. The molecule has 0 unspecified atom stereocenters. The minimum atomic E-state index is -0.875. The Morgan fingerprint density at radius 2 is 2.18 bits per heavy atom. The van der Waals surface area contributed by atoms with Gasteiger partial charge in [0.2, 0.25) is 5.91 Å². The zero-order valence-electron chi connectivity index (χ0n) is 9.93. The van der Waals surface area contributed by atoms with Gasteiger partial charge in [-0.2, -0.15) is 0 Å². The van der Waals surface area contributed by atoms with Crippen LogP contribution in [-0.2, 0) is 14.3 Å². The highest BCUT2D eigenvalue weighted by molar-refractivity contribution is 5.84. The number of carboxylic acids is 1. The van der Waals surface area contributed by atoms with Gasteiger partial charge in [0, 0.05) is 26.2 Å². The highest BCUT2D eigenvalue weighted by Crippen LogP contribution is 2.22. The standard InChI is InChI=1S/C12H19NO4/c14-11(4-3-9-5-7-17-8-9)13-6-1-2-10(13)12(15)16/h9-10H,1-8H2,(H,15,16)/t9-,10+/m0/s1. The molecule has 1 N–H and O–H groups in total. The van der Waals surface area contributed by atoms with Crippen molar-refractivity contribution in [3.8, 4) is 0 Å². The summed E-state index contributed by atoms with van der Waals surface area (Å²) >= 11 is 0. The Balaban J connectivity index is 1.80. The smallest absolute Gasteiger partial charge is 0.326 e. The van der Waals surface area contributed by atoms with E-state index in [9.17, 15) is 9.59 Å². The lowest BCUT2D eigenvalue weighted by Gasteiger charge is -2.21. The van der Waals surface area contributed by atoms with Gasteiger partial charge in [-0.15, -0.1) is 0 Å². The molecule has 0 bridgehead atoms. The highest BCUT2D eigenvalue weighted by Gasteiger charge is 2.33. The largest absolute Gasteiger partial charge is 0.480 e. The molecule has 0 spiro atoms. The van der Waals surface area contributed by atoms with Crippen LogP contribution in [0.4, 0.5) is 0 Å². The van der Waals surface area contributed by atoms with Crippen molar-refractivity contribution < 1.29 is 19.4 Å². The lowest BCUT2D eigenvalue weighted by atomic mass is 10.0. The van der Waals surface area contributed by atoms with Gasteiger partial charge in [0.25, 0.3) is 0 Å². The van der Waals surface area contributed by atoms with Gasteiger partial charge in [0.1, 0.15) is 6.04 Å². The molecule has 2 saturated heterocycles. The maximum atomic E-state index is 11.9. The van der Waals surface area contributed by atoms with Crippen molar-refractivity contribution in [3.63, 3.8) is 0 Å². The zero-order valence-corrected chi connectivity index (χ0v) is 9.93. The molecular weight excluding hydrogens is 222 g/mol. The molecule has 5 nitrogen and oxygen atoms in total. The van der Waals surface area contributed by atoms with Crippen molar-refractivity contribution >= 4 is 11.9 Å².